The number of halogens is 2. The third kappa shape index (κ3) is 2.24. The van der Waals surface area contributed by atoms with Crippen molar-refractivity contribution in [1.29, 1.82) is 0 Å². The summed E-state index contributed by atoms with van der Waals surface area (Å²) >= 11 is 4.28. The molecule has 1 aliphatic carbocycles. The number of hydrogen-bond acceptors (Lipinski definition) is 4. The summed E-state index contributed by atoms with van der Waals surface area (Å²) in [4.78, 5) is 27.1. The lowest BCUT2D eigenvalue weighted by atomic mass is 9.84. The summed E-state index contributed by atoms with van der Waals surface area (Å²) in [6.07, 6.45) is 0. The Balaban J connectivity index is 2.34. The van der Waals surface area contributed by atoms with E-state index in [1.54, 1.807) is 12.1 Å². The van der Waals surface area contributed by atoms with Gasteiger partial charge in [-0.3, -0.25) is 9.59 Å². The van der Waals surface area contributed by atoms with Crippen molar-refractivity contribution in [2.45, 2.75) is 9.79 Å². The van der Waals surface area contributed by atoms with Crippen LogP contribution in [0.1, 0.15) is 31.8 Å². The third-order valence-electron chi connectivity index (χ3n) is 3.16. The molecular formula is C14H6I2O2S2. The lowest BCUT2D eigenvalue weighted by Crippen LogP contribution is -2.22. The van der Waals surface area contributed by atoms with Gasteiger partial charge in [0.05, 0.1) is 0 Å². The van der Waals surface area contributed by atoms with E-state index in [0.29, 0.717) is 22.3 Å². The second-order valence-corrected chi connectivity index (χ2v) is 8.00. The van der Waals surface area contributed by atoms with Gasteiger partial charge in [0.15, 0.2) is 11.6 Å². The Bertz CT molecular complexity index is 684. The van der Waals surface area contributed by atoms with E-state index in [0.717, 1.165) is 9.79 Å². The molecule has 0 heterocycles. The number of carbonyl (C=O) groups excluding carboxylic acids is 2. The van der Waals surface area contributed by atoms with Gasteiger partial charge in [0, 0.05) is 74.5 Å². The summed E-state index contributed by atoms with van der Waals surface area (Å²) in [5.74, 6) is -0.108. The molecule has 0 aliphatic heterocycles. The van der Waals surface area contributed by atoms with Crippen LogP contribution < -0.4 is 0 Å². The van der Waals surface area contributed by atoms with Gasteiger partial charge in [-0.1, -0.05) is 42.1 Å². The van der Waals surface area contributed by atoms with E-state index in [1.165, 1.54) is 17.9 Å². The van der Waals surface area contributed by atoms with E-state index in [4.69, 9.17) is 0 Å². The van der Waals surface area contributed by atoms with Crippen molar-refractivity contribution < 1.29 is 9.59 Å². The molecular weight excluding hydrogens is 518 g/mol. The average Bonchev–Trinajstić information content (AvgIpc) is 2.50. The molecule has 0 spiro atoms. The molecule has 2 aromatic rings. The van der Waals surface area contributed by atoms with Gasteiger partial charge < -0.3 is 0 Å². The van der Waals surface area contributed by atoms with Crippen molar-refractivity contribution in [1.82, 2.24) is 0 Å². The maximum Gasteiger partial charge on any atom is 0.196 e. The topological polar surface area (TPSA) is 34.1 Å². The smallest absolute Gasteiger partial charge is 0.196 e. The van der Waals surface area contributed by atoms with Crippen LogP contribution in [-0.4, -0.2) is 11.6 Å². The molecule has 6 heteroatoms. The van der Waals surface area contributed by atoms with Crippen molar-refractivity contribution in [2.24, 2.45) is 0 Å². The molecule has 100 valence electrons. The van der Waals surface area contributed by atoms with E-state index in [2.05, 4.69) is 42.4 Å². The highest BCUT2D eigenvalue weighted by atomic mass is 127. The van der Waals surface area contributed by atoms with E-state index in [1.807, 2.05) is 24.3 Å². The first-order chi connectivity index (χ1) is 9.69. The van der Waals surface area contributed by atoms with Crippen LogP contribution in [0.2, 0.25) is 0 Å². The fourth-order valence-corrected chi connectivity index (χ4v) is 5.33. The zero-order chi connectivity index (χ0) is 14.3. The minimum absolute atomic E-state index is 0.0471. The van der Waals surface area contributed by atoms with Crippen LogP contribution >= 0.6 is 60.3 Å². The van der Waals surface area contributed by atoms with Gasteiger partial charge in [0.2, 0.25) is 0 Å². The molecule has 0 bridgehead atoms. The Morgan fingerprint density at radius 1 is 0.700 bits per heavy atom. The lowest BCUT2D eigenvalue weighted by molar-refractivity contribution is 0.0974. The van der Waals surface area contributed by atoms with Crippen LogP contribution in [0.5, 0.6) is 0 Å². The normalized spacial score (nSPS) is 13.1. The van der Waals surface area contributed by atoms with E-state index < -0.39 is 0 Å². The highest BCUT2D eigenvalue weighted by Gasteiger charge is 2.33. The van der Waals surface area contributed by atoms with Gasteiger partial charge in [0.1, 0.15) is 0 Å². The summed E-state index contributed by atoms with van der Waals surface area (Å²) in [5, 5.41) is 0. The Morgan fingerprint density at radius 2 is 1.15 bits per heavy atom. The predicted molar refractivity (Wildman–Crippen MR) is 99.5 cm³/mol. The highest BCUT2D eigenvalue weighted by Crippen LogP contribution is 2.40. The van der Waals surface area contributed by atoms with Crippen molar-refractivity contribution >= 4 is 71.8 Å². The van der Waals surface area contributed by atoms with Crippen LogP contribution in [0, 0.1) is 0 Å². The molecule has 0 fully saturated rings. The second-order valence-electron chi connectivity index (χ2n) is 4.17. The van der Waals surface area contributed by atoms with Crippen LogP contribution in [0.4, 0.5) is 0 Å². The van der Waals surface area contributed by atoms with Gasteiger partial charge in [-0.15, -0.1) is 0 Å². The summed E-state index contributed by atoms with van der Waals surface area (Å²) < 4.78 is 0. The number of ketones is 2. The molecule has 20 heavy (non-hydrogen) atoms. The Kier molecular flexibility index (Phi) is 4.44. The molecule has 0 aromatic heterocycles. The molecule has 0 saturated heterocycles. The highest BCUT2D eigenvalue weighted by molar-refractivity contribution is 14.2. The van der Waals surface area contributed by atoms with Gasteiger partial charge in [-0.2, -0.15) is 0 Å². The van der Waals surface area contributed by atoms with Gasteiger partial charge in [-0.25, -0.2) is 0 Å². The molecule has 0 amide bonds. The molecule has 0 radical (unpaired) electrons. The van der Waals surface area contributed by atoms with Crippen LogP contribution in [-0.2, 0) is 0 Å². The number of fused-ring (bicyclic) bond motifs is 2. The minimum atomic E-state index is -0.0609. The first kappa shape index (κ1) is 14.9. The monoisotopic (exact) mass is 524 g/mol. The number of hydrogen-bond donors (Lipinski definition) is 0. The molecule has 2 nitrogen and oxygen atoms in total. The van der Waals surface area contributed by atoms with E-state index in [-0.39, 0.29) is 11.6 Å². The summed E-state index contributed by atoms with van der Waals surface area (Å²) in [5.41, 5.74) is 2.11. The maximum absolute atomic E-state index is 12.8. The largest absolute Gasteiger partial charge is 0.289 e. The van der Waals surface area contributed by atoms with Crippen molar-refractivity contribution in [3.63, 3.8) is 0 Å². The van der Waals surface area contributed by atoms with Crippen molar-refractivity contribution in [3.05, 3.63) is 58.7 Å². The van der Waals surface area contributed by atoms with Gasteiger partial charge in [0.25, 0.3) is 0 Å². The zero-order valence-corrected chi connectivity index (χ0v) is 15.8. The first-order valence-corrected chi connectivity index (χ1v) is 12.3. The van der Waals surface area contributed by atoms with E-state index in [9.17, 15) is 9.59 Å². The number of rotatable bonds is 2. The standard InChI is InChI=1S/C14H6I2O2S2/c15-19-9-5-1-3-7-11(9)14(18)12-8(13(7)17)4-2-6-10(12)20-16/h1-6H. The SMILES string of the molecule is O=C1c2cccc(SI)c2C(=O)c2c(SI)cccc21. The Hall–Kier alpha value is -0.0600. The lowest BCUT2D eigenvalue weighted by Gasteiger charge is -2.20. The van der Waals surface area contributed by atoms with Gasteiger partial charge >= 0.3 is 0 Å². The fourth-order valence-electron chi connectivity index (χ4n) is 2.31. The van der Waals surface area contributed by atoms with Gasteiger partial charge in [-0.05, 0) is 12.1 Å². The van der Waals surface area contributed by atoms with E-state index >= 15 is 0 Å². The third-order valence-corrected chi connectivity index (χ3v) is 7.02. The minimum Gasteiger partial charge on any atom is -0.289 e. The first-order valence-electron chi connectivity index (χ1n) is 5.61. The molecule has 3 rings (SSSR count). The van der Waals surface area contributed by atoms with Crippen molar-refractivity contribution in [3.8, 4) is 0 Å². The fraction of sp³-hybridized carbons (Fsp3) is 0. The molecule has 1 aliphatic rings. The molecule has 0 atom stereocenters. The van der Waals surface area contributed by atoms with Crippen molar-refractivity contribution in [2.75, 3.05) is 0 Å². The Morgan fingerprint density at radius 3 is 1.55 bits per heavy atom. The Labute approximate surface area is 148 Å². The zero-order valence-electron chi connectivity index (χ0n) is 9.85. The second kappa shape index (κ2) is 5.98. The quantitative estimate of drug-likeness (QED) is 0.424. The summed E-state index contributed by atoms with van der Waals surface area (Å²) in [7, 11) is 2.93. The number of benzene rings is 2. The van der Waals surface area contributed by atoms with Crippen LogP contribution in [0.15, 0.2) is 46.2 Å². The molecule has 0 N–H and O–H groups in total. The summed E-state index contributed by atoms with van der Waals surface area (Å²) in [6.45, 7) is 0. The maximum atomic E-state index is 12.8. The van der Waals surface area contributed by atoms with Crippen LogP contribution in [0.3, 0.4) is 0 Å². The molecule has 0 unspecified atom stereocenters. The van der Waals surface area contributed by atoms with Crippen LogP contribution in [0.25, 0.3) is 0 Å². The molecule has 0 saturated carbocycles. The summed E-state index contributed by atoms with van der Waals surface area (Å²) in [6, 6.07) is 10.9. The number of carbonyl (C=O) groups is 2. The average molecular weight is 524 g/mol. The predicted octanol–water partition coefficient (Wildman–Crippen LogP) is 5.35. The molecule has 2 aromatic carbocycles.